The van der Waals surface area contributed by atoms with E-state index >= 15 is 0 Å². The Labute approximate surface area is 194 Å². The van der Waals surface area contributed by atoms with E-state index in [1.54, 1.807) is 12.1 Å². The highest BCUT2D eigenvalue weighted by Crippen LogP contribution is 2.20. The van der Waals surface area contributed by atoms with Crippen LogP contribution in [0.3, 0.4) is 0 Å². The molecule has 1 unspecified atom stereocenters. The Bertz CT molecular complexity index is 915. The van der Waals surface area contributed by atoms with Crippen LogP contribution in [0.4, 0.5) is 11.6 Å². The van der Waals surface area contributed by atoms with Gasteiger partial charge in [0.1, 0.15) is 18.5 Å². The first kappa shape index (κ1) is 25.4. The number of amides is 1. The zero-order valence-corrected chi connectivity index (χ0v) is 18.6. The van der Waals surface area contributed by atoms with Crippen LogP contribution in [0.15, 0.2) is 24.3 Å². The second-order valence-corrected chi connectivity index (χ2v) is 7.24. The molecule has 0 radical (unpaired) electrons. The summed E-state index contributed by atoms with van der Waals surface area (Å²) in [5.74, 6) is -0.445. The average Bonchev–Trinajstić information content (AvgIpc) is 2.79. The number of rotatable bonds is 11. The van der Waals surface area contributed by atoms with Gasteiger partial charge >= 0.3 is 0 Å². The smallest absolute Gasteiger partial charge is 0.280 e. The van der Waals surface area contributed by atoms with E-state index in [0.717, 1.165) is 24.8 Å². The summed E-state index contributed by atoms with van der Waals surface area (Å²) < 4.78 is 5.36. The molecule has 174 valence electrons. The lowest BCUT2D eigenvalue weighted by Crippen LogP contribution is -2.41. The topological polar surface area (TPSA) is 179 Å². The number of anilines is 2. The minimum atomic E-state index is -0.901. The van der Waals surface area contributed by atoms with E-state index < -0.39 is 12.0 Å². The number of halogens is 2. The van der Waals surface area contributed by atoms with Crippen LogP contribution in [0, 0.1) is 5.41 Å². The van der Waals surface area contributed by atoms with Gasteiger partial charge in [-0.3, -0.25) is 20.4 Å². The second kappa shape index (κ2) is 12.9. The number of carbonyl (C=O) groups excluding carboxylic acids is 1. The number of aromatic nitrogens is 2. The Balaban J connectivity index is 1.69. The number of aliphatic hydroxyl groups excluding tert-OH is 2. The van der Waals surface area contributed by atoms with Crippen molar-refractivity contribution >= 4 is 46.9 Å². The molecule has 1 atom stereocenters. The van der Waals surface area contributed by atoms with E-state index in [1.165, 1.54) is 0 Å². The molecule has 1 heterocycles. The molecule has 1 amide bonds. The summed E-state index contributed by atoms with van der Waals surface area (Å²) in [6.07, 6.45) is 1.55. The van der Waals surface area contributed by atoms with Crippen molar-refractivity contribution in [1.82, 2.24) is 20.6 Å². The quantitative estimate of drug-likeness (QED) is 0.107. The average molecular weight is 486 g/mol. The lowest BCUT2D eigenvalue weighted by molar-refractivity contribution is 0.0536. The van der Waals surface area contributed by atoms with Gasteiger partial charge in [0.2, 0.25) is 0 Å². The summed E-state index contributed by atoms with van der Waals surface area (Å²) in [5.41, 5.74) is 6.45. The number of ether oxygens (including phenoxy) is 1. The Morgan fingerprint density at radius 1 is 1.25 bits per heavy atom. The third-order valence-corrected chi connectivity index (χ3v) is 4.65. The molecule has 2 rings (SSSR count). The largest absolute Gasteiger partial charge is 0.491 e. The Morgan fingerprint density at radius 3 is 2.62 bits per heavy atom. The number of aliphatic hydroxyl groups is 2. The Hall–Kier alpha value is -2.86. The van der Waals surface area contributed by atoms with Crippen molar-refractivity contribution in [2.75, 3.05) is 30.3 Å². The van der Waals surface area contributed by atoms with Crippen molar-refractivity contribution in [3.8, 4) is 5.75 Å². The third-order valence-electron chi connectivity index (χ3n) is 4.19. The summed E-state index contributed by atoms with van der Waals surface area (Å²) in [6.45, 7) is 0.169. The van der Waals surface area contributed by atoms with Crippen molar-refractivity contribution in [3.05, 3.63) is 40.7 Å². The number of carbonyl (C=O) groups is 1. The SMILES string of the molecule is N=C(NCCCCc1ccc(OCC(O)CO)cc1)NC(=O)c1nc(Cl)c(N)nc1NCl. The summed E-state index contributed by atoms with van der Waals surface area (Å²) >= 11 is 11.3. The van der Waals surface area contributed by atoms with Gasteiger partial charge in [0.05, 0.1) is 6.61 Å². The van der Waals surface area contributed by atoms with Crippen LogP contribution in [0.2, 0.25) is 5.15 Å². The maximum Gasteiger partial charge on any atom is 0.280 e. The van der Waals surface area contributed by atoms with Crippen molar-refractivity contribution < 1.29 is 19.7 Å². The number of hydrogen-bond donors (Lipinski definition) is 7. The van der Waals surface area contributed by atoms with Crippen molar-refractivity contribution in [1.29, 1.82) is 5.41 Å². The highest BCUT2D eigenvalue weighted by atomic mass is 35.5. The van der Waals surface area contributed by atoms with Crippen molar-refractivity contribution in [3.63, 3.8) is 0 Å². The van der Waals surface area contributed by atoms with E-state index in [2.05, 4.69) is 25.4 Å². The number of guanidine groups is 1. The van der Waals surface area contributed by atoms with Gasteiger partial charge in [-0.15, -0.1) is 0 Å². The monoisotopic (exact) mass is 485 g/mol. The van der Waals surface area contributed by atoms with Gasteiger partial charge in [-0.05, 0) is 37.0 Å². The van der Waals surface area contributed by atoms with Gasteiger partial charge in [-0.2, -0.15) is 0 Å². The molecule has 0 aliphatic rings. The first-order chi connectivity index (χ1) is 15.3. The number of aryl methyl sites for hydroxylation is 1. The summed E-state index contributed by atoms with van der Waals surface area (Å²) in [6, 6.07) is 7.47. The fourth-order valence-electron chi connectivity index (χ4n) is 2.53. The van der Waals surface area contributed by atoms with Crippen LogP contribution in [0.5, 0.6) is 5.75 Å². The molecule has 0 aliphatic heterocycles. The lowest BCUT2D eigenvalue weighted by atomic mass is 10.1. The molecule has 0 spiro atoms. The van der Waals surface area contributed by atoms with Gasteiger partial charge in [-0.25, -0.2) is 9.97 Å². The molecule has 13 heteroatoms. The molecule has 0 saturated heterocycles. The first-order valence-electron chi connectivity index (χ1n) is 9.68. The van der Waals surface area contributed by atoms with Gasteiger partial charge in [0.25, 0.3) is 5.91 Å². The first-order valence-corrected chi connectivity index (χ1v) is 10.4. The summed E-state index contributed by atoms with van der Waals surface area (Å²) in [7, 11) is 0. The van der Waals surface area contributed by atoms with E-state index in [9.17, 15) is 9.90 Å². The normalized spacial score (nSPS) is 11.5. The highest BCUT2D eigenvalue weighted by molar-refractivity contribution is 6.32. The van der Waals surface area contributed by atoms with Gasteiger partial charge in [0.15, 0.2) is 28.4 Å². The molecule has 32 heavy (non-hydrogen) atoms. The molecule has 11 nitrogen and oxygen atoms in total. The zero-order chi connectivity index (χ0) is 23.5. The highest BCUT2D eigenvalue weighted by Gasteiger charge is 2.18. The van der Waals surface area contributed by atoms with Crippen LogP contribution >= 0.6 is 23.4 Å². The van der Waals surface area contributed by atoms with Crippen molar-refractivity contribution in [2.24, 2.45) is 0 Å². The minimum Gasteiger partial charge on any atom is -0.491 e. The summed E-state index contributed by atoms with van der Waals surface area (Å²) in [5, 5.41) is 30.9. The molecule has 0 aliphatic carbocycles. The maximum atomic E-state index is 12.3. The fraction of sp³-hybridized carbons (Fsp3) is 0.368. The zero-order valence-electron chi connectivity index (χ0n) is 17.1. The maximum absolute atomic E-state index is 12.3. The number of nitrogen functional groups attached to an aromatic ring is 1. The molecule has 2 aromatic rings. The molecule has 1 aromatic heterocycles. The second-order valence-electron chi connectivity index (χ2n) is 6.70. The van der Waals surface area contributed by atoms with E-state index in [-0.39, 0.29) is 41.7 Å². The molecule has 8 N–H and O–H groups in total. The molecule has 0 bridgehead atoms. The van der Waals surface area contributed by atoms with Crippen LogP contribution in [0.1, 0.15) is 28.9 Å². The van der Waals surface area contributed by atoms with Gasteiger partial charge in [-0.1, -0.05) is 23.7 Å². The lowest BCUT2D eigenvalue weighted by Gasteiger charge is -2.11. The fourth-order valence-corrected chi connectivity index (χ4v) is 2.79. The molecule has 0 saturated carbocycles. The van der Waals surface area contributed by atoms with Crippen LogP contribution < -0.4 is 25.9 Å². The molecular formula is C19H25Cl2N7O4. The van der Waals surface area contributed by atoms with Crippen LogP contribution in [-0.2, 0) is 6.42 Å². The molecule has 0 fully saturated rings. The van der Waals surface area contributed by atoms with E-state index in [0.29, 0.717) is 12.3 Å². The van der Waals surface area contributed by atoms with Gasteiger partial charge < -0.3 is 26.0 Å². The van der Waals surface area contributed by atoms with Crippen LogP contribution in [0.25, 0.3) is 0 Å². The molecular weight excluding hydrogens is 461 g/mol. The predicted molar refractivity (Wildman–Crippen MR) is 122 cm³/mol. The Morgan fingerprint density at radius 2 is 1.97 bits per heavy atom. The summed E-state index contributed by atoms with van der Waals surface area (Å²) in [4.78, 5) is 22.1. The number of unbranched alkanes of at least 4 members (excludes halogenated alkanes) is 1. The predicted octanol–water partition coefficient (Wildman–Crippen LogP) is 1.29. The van der Waals surface area contributed by atoms with Gasteiger partial charge in [0, 0.05) is 18.3 Å². The Kier molecular flexibility index (Phi) is 10.2. The third kappa shape index (κ3) is 8.00. The minimum absolute atomic E-state index is 0.0334. The number of nitrogens with zero attached hydrogens (tertiary/aromatic N) is 2. The standard InChI is InChI=1S/C19H25Cl2N7O4/c20-15-16(22)26-17(28-21)14(25-15)18(31)27-19(23)24-8-2-1-3-11-4-6-13(7-5-11)32-10-12(30)9-29/h4-7,12,29-30H,1-3,8-10H2,(H3,22,26,28)(H3,23,24,27,31). The van der Waals surface area contributed by atoms with Crippen LogP contribution in [-0.4, -0.2) is 57.9 Å². The molecule has 1 aromatic carbocycles. The number of hydrogen-bond acceptors (Lipinski definition) is 9. The van der Waals surface area contributed by atoms with E-state index in [1.807, 2.05) is 12.1 Å². The van der Waals surface area contributed by atoms with Crippen molar-refractivity contribution in [2.45, 2.75) is 25.4 Å². The van der Waals surface area contributed by atoms with E-state index in [4.69, 9.17) is 44.4 Å². The number of nitrogens with two attached hydrogens (primary N) is 1. The number of nitrogens with one attached hydrogen (secondary N) is 4. The number of benzene rings is 1.